The molecule has 4 aromatic rings. The first-order valence-electron chi connectivity index (χ1n) is 9.93. The molecule has 1 aromatic carbocycles. The van der Waals surface area contributed by atoms with Crippen LogP contribution in [0.1, 0.15) is 34.3 Å². The number of rotatable bonds is 8. The van der Waals surface area contributed by atoms with E-state index in [1.807, 2.05) is 32.0 Å². The third kappa shape index (κ3) is 4.17. The minimum atomic E-state index is -0.425. The molecule has 0 unspecified atom stereocenters. The second-order valence-electron chi connectivity index (χ2n) is 7.10. The fourth-order valence-corrected chi connectivity index (χ4v) is 4.55. The van der Waals surface area contributed by atoms with Gasteiger partial charge in [0.2, 0.25) is 0 Å². The molecular weight excluding hydrogens is 402 g/mol. The van der Waals surface area contributed by atoms with Crippen LogP contribution in [-0.2, 0) is 11.3 Å². The number of carbonyl (C=O) groups is 1. The molecular formula is C23H23NO5S. The van der Waals surface area contributed by atoms with E-state index < -0.39 is 5.63 Å². The molecule has 3 heterocycles. The van der Waals surface area contributed by atoms with Crippen molar-refractivity contribution in [3.63, 3.8) is 0 Å². The van der Waals surface area contributed by atoms with Crippen molar-refractivity contribution in [3.8, 4) is 0 Å². The van der Waals surface area contributed by atoms with E-state index >= 15 is 0 Å². The molecule has 0 saturated carbocycles. The van der Waals surface area contributed by atoms with Crippen LogP contribution in [0.15, 0.2) is 56.3 Å². The molecule has 7 heteroatoms. The fourth-order valence-electron chi connectivity index (χ4n) is 3.41. The van der Waals surface area contributed by atoms with Crippen LogP contribution in [0.3, 0.4) is 0 Å². The van der Waals surface area contributed by atoms with Gasteiger partial charge in [-0.25, -0.2) is 4.79 Å². The molecule has 0 N–H and O–H groups in total. The summed E-state index contributed by atoms with van der Waals surface area (Å²) in [5, 5.41) is 1.29. The number of hydrogen-bond donors (Lipinski definition) is 0. The summed E-state index contributed by atoms with van der Waals surface area (Å²) < 4.78 is 17.1. The topological polar surface area (TPSA) is 72.9 Å². The van der Waals surface area contributed by atoms with Gasteiger partial charge in [-0.15, -0.1) is 11.3 Å². The molecule has 6 nitrogen and oxygen atoms in total. The fraction of sp³-hybridized carbons (Fsp3) is 0.304. The van der Waals surface area contributed by atoms with Gasteiger partial charge in [0.25, 0.3) is 5.91 Å². The summed E-state index contributed by atoms with van der Waals surface area (Å²) in [4.78, 5) is 28.0. The summed E-state index contributed by atoms with van der Waals surface area (Å²) in [6.45, 7) is 6.05. The maximum absolute atomic E-state index is 13.3. The van der Waals surface area contributed by atoms with Gasteiger partial charge < -0.3 is 18.5 Å². The van der Waals surface area contributed by atoms with Crippen LogP contribution in [0.5, 0.6) is 0 Å². The van der Waals surface area contributed by atoms with Crippen LogP contribution < -0.4 is 5.63 Å². The molecule has 0 bridgehead atoms. The molecule has 0 aliphatic heterocycles. The minimum absolute atomic E-state index is 0.135. The van der Waals surface area contributed by atoms with Crippen LogP contribution in [0, 0.1) is 6.92 Å². The lowest BCUT2D eigenvalue weighted by Crippen LogP contribution is -2.31. The Morgan fingerprint density at radius 2 is 2.07 bits per heavy atom. The van der Waals surface area contributed by atoms with Gasteiger partial charge in [-0.05, 0) is 50.6 Å². The maximum Gasteiger partial charge on any atom is 0.345 e. The van der Waals surface area contributed by atoms with Crippen LogP contribution in [0.25, 0.3) is 21.1 Å². The Morgan fingerprint density at radius 3 is 2.83 bits per heavy atom. The zero-order chi connectivity index (χ0) is 21.1. The molecule has 1 amide bonds. The lowest BCUT2D eigenvalue weighted by atomic mass is 10.1. The van der Waals surface area contributed by atoms with E-state index in [-0.39, 0.29) is 5.91 Å². The van der Waals surface area contributed by atoms with E-state index in [1.165, 1.54) is 11.3 Å². The Bertz CT molecular complexity index is 1220. The SMILES string of the molecule is CCOCCCN(Cc1ccco1)C(=O)c1cc2c(=O)oc3ccc(C)cc3c2s1. The van der Waals surface area contributed by atoms with Crippen LogP contribution in [0.4, 0.5) is 0 Å². The second kappa shape index (κ2) is 8.85. The van der Waals surface area contributed by atoms with Gasteiger partial charge >= 0.3 is 5.63 Å². The van der Waals surface area contributed by atoms with Crippen LogP contribution >= 0.6 is 11.3 Å². The molecule has 4 rings (SSSR count). The van der Waals surface area contributed by atoms with Crippen molar-refractivity contribution in [2.24, 2.45) is 0 Å². The summed E-state index contributed by atoms with van der Waals surface area (Å²) >= 11 is 1.33. The van der Waals surface area contributed by atoms with Gasteiger partial charge in [0.15, 0.2) is 0 Å². The molecule has 0 fully saturated rings. The summed E-state index contributed by atoms with van der Waals surface area (Å²) in [6, 6.07) is 11.0. The maximum atomic E-state index is 13.3. The molecule has 0 aliphatic rings. The average molecular weight is 426 g/mol. The quantitative estimate of drug-likeness (QED) is 0.294. The van der Waals surface area contributed by atoms with E-state index in [0.717, 1.165) is 22.1 Å². The van der Waals surface area contributed by atoms with Crippen molar-refractivity contribution in [3.05, 3.63) is 69.3 Å². The Hall–Kier alpha value is -2.90. The number of carbonyl (C=O) groups excluding carboxylic acids is 1. The minimum Gasteiger partial charge on any atom is -0.467 e. The highest BCUT2D eigenvalue weighted by Gasteiger charge is 2.21. The van der Waals surface area contributed by atoms with Gasteiger partial charge in [-0.1, -0.05) is 11.6 Å². The van der Waals surface area contributed by atoms with Crippen molar-refractivity contribution in [2.45, 2.75) is 26.8 Å². The highest BCUT2D eigenvalue weighted by atomic mass is 32.1. The zero-order valence-electron chi connectivity index (χ0n) is 17.0. The summed E-state index contributed by atoms with van der Waals surface area (Å²) in [6.07, 6.45) is 2.31. The van der Waals surface area contributed by atoms with Gasteiger partial charge in [-0.3, -0.25) is 4.79 Å². The van der Waals surface area contributed by atoms with Gasteiger partial charge in [0.05, 0.1) is 27.8 Å². The van der Waals surface area contributed by atoms with Crippen molar-refractivity contribution in [1.29, 1.82) is 0 Å². The Balaban J connectivity index is 1.69. The Morgan fingerprint density at radius 1 is 1.20 bits per heavy atom. The zero-order valence-corrected chi connectivity index (χ0v) is 17.8. The highest BCUT2D eigenvalue weighted by molar-refractivity contribution is 7.21. The van der Waals surface area contributed by atoms with Crippen molar-refractivity contribution in [2.75, 3.05) is 19.8 Å². The smallest absolute Gasteiger partial charge is 0.345 e. The molecule has 3 aromatic heterocycles. The lowest BCUT2D eigenvalue weighted by molar-refractivity contribution is 0.0704. The average Bonchev–Trinajstić information content (AvgIpc) is 3.41. The first kappa shape index (κ1) is 20.4. The molecule has 156 valence electrons. The number of hydrogen-bond acceptors (Lipinski definition) is 6. The highest BCUT2D eigenvalue weighted by Crippen LogP contribution is 2.32. The van der Waals surface area contributed by atoms with Crippen molar-refractivity contribution in [1.82, 2.24) is 4.90 Å². The third-order valence-electron chi connectivity index (χ3n) is 4.88. The van der Waals surface area contributed by atoms with Crippen LogP contribution in [-0.4, -0.2) is 30.6 Å². The van der Waals surface area contributed by atoms with E-state index in [4.69, 9.17) is 13.6 Å². The summed E-state index contributed by atoms with van der Waals surface area (Å²) in [7, 11) is 0. The van der Waals surface area contributed by atoms with E-state index in [0.29, 0.717) is 47.9 Å². The van der Waals surface area contributed by atoms with E-state index in [2.05, 4.69) is 0 Å². The number of benzene rings is 1. The van der Waals surface area contributed by atoms with Crippen molar-refractivity contribution >= 4 is 38.3 Å². The standard InChI is InChI=1S/C23H23NO5S/c1-3-27-10-5-9-24(14-16-6-4-11-28-16)22(25)20-13-18-21(30-20)17-12-15(2)7-8-19(17)29-23(18)26/h4,6-8,11-13H,3,5,9-10,14H2,1-2H3. The molecule has 0 spiro atoms. The van der Waals surface area contributed by atoms with Gasteiger partial charge in [0.1, 0.15) is 11.3 Å². The van der Waals surface area contributed by atoms with E-state index in [1.54, 1.807) is 29.4 Å². The predicted molar refractivity (Wildman–Crippen MR) is 117 cm³/mol. The number of furan rings is 1. The molecule has 30 heavy (non-hydrogen) atoms. The first-order valence-corrected chi connectivity index (χ1v) is 10.7. The number of nitrogens with zero attached hydrogens (tertiary/aromatic N) is 1. The Labute approximate surface area is 177 Å². The van der Waals surface area contributed by atoms with Crippen molar-refractivity contribution < 1.29 is 18.4 Å². The monoisotopic (exact) mass is 425 g/mol. The molecule has 0 atom stereocenters. The number of amides is 1. The van der Waals surface area contributed by atoms with Gasteiger partial charge in [0, 0.05) is 25.1 Å². The van der Waals surface area contributed by atoms with Crippen LogP contribution in [0.2, 0.25) is 0 Å². The number of fused-ring (bicyclic) bond motifs is 3. The first-order chi connectivity index (χ1) is 14.6. The number of ether oxygens (including phenoxy) is 1. The molecule has 0 aliphatic carbocycles. The largest absolute Gasteiger partial charge is 0.467 e. The number of thiophene rings is 1. The normalized spacial score (nSPS) is 11.4. The third-order valence-corrected chi connectivity index (χ3v) is 6.04. The second-order valence-corrected chi connectivity index (χ2v) is 8.15. The van der Waals surface area contributed by atoms with Gasteiger partial charge in [-0.2, -0.15) is 0 Å². The number of aryl methyl sites for hydroxylation is 1. The summed E-state index contributed by atoms with van der Waals surface area (Å²) in [5.41, 5.74) is 1.17. The lowest BCUT2D eigenvalue weighted by Gasteiger charge is -2.21. The van der Waals surface area contributed by atoms with E-state index in [9.17, 15) is 9.59 Å². The Kier molecular flexibility index (Phi) is 6.01. The molecule has 0 radical (unpaired) electrons. The molecule has 0 saturated heterocycles. The summed E-state index contributed by atoms with van der Waals surface area (Å²) in [5.74, 6) is 0.575. The predicted octanol–water partition coefficient (Wildman–Crippen LogP) is 4.98.